The van der Waals surface area contributed by atoms with Crippen LogP contribution in [0.4, 0.5) is 0 Å². The van der Waals surface area contributed by atoms with Gasteiger partial charge in [-0.3, -0.25) is 4.79 Å². The topological polar surface area (TPSA) is 26.3 Å². The van der Waals surface area contributed by atoms with Crippen LogP contribution in [0.1, 0.15) is 47.5 Å². The first-order valence-electron chi connectivity index (χ1n) is 6.33. The lowest BCUT2D eigenvalue weighted by atomic mass is 9.91. The molecule has 3 unspecified atom stereocenters. The van der Waals surface area contributed by atoms with Crippen LogP contribution in [0.5, 0.6) is 0 Å². The normalized spacial score (nSPS) is 30.8. The Morgan fingerprint density at radius 1 is 1.35 bits per heavy atom. The van der Waals surface area contributed by atoms with Crippen LogP contribution in [-0.4, -0.2) is 27.7 Å². The van der Waals surface area contributed by atoms with Crippen LogP contribution in [-0.2, 0) is 9.53 Å². The summed E-state index contributed by atoms with van der Waals surface area (Å²) < 4.78 is 5.65. The summed E-state index contributed by atoms with van der Waals surface area (Å²) in [4.78, 5) is 12.0. The lowest BCUT2D eigenvalue weighted by Gasteiger charge is -2.25. The fraction of sp³-hybridized carbons (Fsp3) is 0.923. The Kier molecular flexibility index (Phi) is 5.71. The van der Waals surface area contributed by atoms with Crippen molar-refractivity contribution in [2.75, 3.05) is 5.75 Å². The Bertz CT molecular complexity index is 266. The largest absolute Gasteiger partial charge is 0.450 e. The SMILES string of the molecule is CCC(C)(C)C(=O)OC1CSC(C)CC(C)S1. The molecule has 100 valence electrons. The van der Waals surface area contributed by atoms with Crippen molar-refractivity contribution in [1.82, 2.24) is 0 Å². The summed E-state index contributed by atoms with van der Waals surface area (Å²) in [6.07, 6.45) is 2.02. The minimum absolute atomic E-state index is 0.0262. The number of ether oxygens (including phenoxy) is 1. The number of esters is 1. The maximum absolute atomic E-state index is 12.0. The van der Waals surface area contributed by atoms with Crippen molar-refractivity contribution < 1.29 is 9.53 Å². The van der Waals surface area contributed by atoms with Crippen molar-refractivity contribution in [3.8, 4) is 0 Å². The predicted octanol–water partition coefficient (Wildman–Crippen LogP) is 3.94. The van der Waals surface area contributed by atoms with Gasteiger partial charge in [-0.1, -0.05) is 20.8 Å². The first kappa shape index (κ1) is 15.2. The van der Waals surface area contributed by atoms with Crippen LogP contribution in [0.25, 0.3) is 0 Å². The second kappa shape index (κ2) is 6.37. The summed E-state index contributed by atoms with van der Waals surface area (Å²) in [7, 11) is 0. The van der Waals surface area contributed by atoms with Gasteiger partial charge < -0.3 is 4.74 Å². The molecule has 0 amide bonds. The zero-order valence-corrected chi connectivity index (χ0v) is 13.1. The summed E-state index contributed by atoms with van der Waals surface area (Å²) in [5, 5.41) is 1.24. The molecule has 0 aromatic heterocycles. The van der Waals surface area contributed by atoms with Gasteiger partial charge in [0.2, 0.25) is 0 Å². The van der Waals surface area contributed by atoms with Crippen molar-refractivity contribution in [1.29, 1.82) is 0 Å². The van der Waals surface area contributed by atoms with E-state index < -0.39 is 0 Å². The monoisotopic (exact) mass is 276 g/mol. The lowest BCUT2D eigenvalue weighted by molar-refractivity contribution is -0.154. The third-order valence-corrected chi connectivity index (χ3v) is 5.93. The number of hydrogen-bond acceptors (Lipinski definition) is 4. The second-order valence-corrected chi connectivity index (χ2v) is 8.47. The molecule has 3 atom stereocenters. The summed E-state index contributed by atoms with van der Waals surface area (Å²) in [5.41, 5.74) is -0.329. The van der Waals surface area contributed by atoms with Crippen LogP contribution in [0.15, 0.2) is 0 Å². The maximum atomic E-state index is 12.0. The summed E-state index contributed by atoms with van der Waals surface area (Å²) in [5.74, 6) is 0.863. The Hall–Kier alpha value is 0.170. The van der Waals surface area contributed by atoms with E-state index in [-0.39, 0.29) is 16.8 Å². The Labute approximate surface area is 114 Å². The lowest BCUT2D eigenvalue weighted by Crippen LogP contribution is -2.30. The molecule has 0 spiro atoms. The molecule has 0 aromatic carbocycles. The van der Waals surface area contributed by atoms with E-state index in [1.807, 2.05) is 32.5 Å². The van der Waals surface area contributed by atoms with Gasteiger partial charge in [-0.2, -0.15) is 11.8 Å². The number of thioether (sulfide) groups is 2. The van der Waals surface area contributed by atoms with Gasteiger partial charge in [0.25, 0.3) is 0 Å². The highest BCUT2D eigenvalue weighted by Gasteiger charge is 2.31. The van der Waals surface area contributed by atoms with E-state index >= 15 is 0 Å². The van der Waals surface area contributed by atoms with Gasteiger partial charge in [0.05, 0.1) is 5.41 Å². The average Bonchev–Trinajstić information content (AvgIpc) is 2.39. The number of rotatable bonds is 3. The van der Waals surface area contributed by atoms with E-state index in [1.54, 1.807) is 11.8 Å². The fourth-order valence-electron chi connectivity index (χ4n) is 1.62. The molecule has 0 radical (unpaired) electrons. The molecule has 0 aromatic rings. The van der Waals surface area contributed by atoms with Crippen molar-refractivity contribution in [2.45, 2.75) is 63.4 Å². The molecule has 1 aliphatic rings. The van der Waals surface area contributed by atoms with Gasteiger partial charge in [0, 0.05) is 16.3 Å². The van der Waals surface area contributed by atoms with E-state index in [2.05, 4.69) is 13.8 Å². The smallest absolute Gasteiger partial charge is 0.312 e. The van der Waals surface area contributed by atoms with Crippen LogP contribution in [0, 0.1) is 5.41 Å². The van der Waals surface area contributed by atoms with Gasteiger partial charge >= 0.3 is 5.97 Å². The Morgan fingerprint density at radius 2 is 2.00 bits per heavy atom. The molecule has 0 N–H and O–H groups in total. The van der Waals surface area contributed by atoms with E-state index in [4.69, 9.17) is 4.74 Å². The van der Waals surface area contributed by atoms with Crippen molar-refractivity contribution >= 4 is 29.5 Å². The average molecular weight is 276 g/mol. The molecule has 1 rings (SSSR count). The highest BCUT2D eigenvalue weighted by atomic mass is 32.2. The molecule has 2 nitrogen and oxygen atoms in total. The molecule has 0 saturated carbocycles. The van der Waals surface area contributed by atoms with Gasteiger partial charge in [-0.05, 0) is 26.7 Å². The molecular weight excluding hydrogens is 252 g/mol. The number of carbonyl (C=O) groups is 1. The van der Waals surface area contributed by atoms with Crippen LogP contribution in [0.2, 0.25) is 0 Å². The third-order valence-electron chi connectivity index (χ3n) is 3.24. The van der Waals surface area contributed by atoms with Gasteiger partial charge in [0.15, 0.2) is 5.44 Å². The Balaban J connectivity index is 2.53. The van der Waals surface area contributed by atoms with Crippen molar-refractivity contribution in [3.63, 3.8) is 0 Å². The predicted molar refractivity (Wildman–Crippen MR) is 77.5 cm³/mol. The molecule has 1 fully saturated rings. The van der Waals surface area contributed by atoms with Crippen LogP contribution in [0.3, 0.4) is 0 Å². The van der Waals surface area contributed by atoms with E-state index in [0.717, 1.165) is 12.2 Å². The highest BCUT2D eigenvalue weighted by molar-refractivity contribution is 8.04. The maximum Gasteiger partial charge on any atom is 0.312 e. The highest BCUT2D eigenvalue weighted by Crippen LogP contribution is 2.35. The Morgan fingerprint density at radius 3 is 2.59 bits per heavy atom. The summed E-state index contributed by atoms with van der Waals surface area (Å²) in [6.45, 7) is 10.4. The minimum Gasteiger partial charge on any atom is -0.450 e. The van der Waals surface area contributed by atoms with Gasteiger partial charge in [-0.15, -0.1) is 11.8 Å². The van der Waals surface area contributed by atoms with Crippen molar-refractivity contribution in [2.24, 2.45) is 5.41 Å². The van der Waals surface area contributed by atoms with E-state index in [0.29, 0.717) is 10.5 Å². The van der Waals surface area contributed by atoms with E-state index in [9.17, 15) is 4.79 Å². The fourth-order valence-corrected chi connectivity index (χ4v) is 4.33. The quantitative estimate of drug-likeness (QED) is 0.729. The standard InChI is InChI=1S/C13H24O2S2/c1-6-13(4,5)12(14)15-11-8-16-9(2)7-10(3)17-11/h9-11H,6-8H2,1-5H3. The van der Waals surface area contributed by atoms with Crippen LogP contribution >= 0.6 is 23.5 Å². The number of carbonyl (C=O) groups excluding carboxylic acids is 1. The molecule has 17 heavy (non-hydrogen) atoms. The first-order valence-corrected chi connectivity index (χ1v) is 8.32. The zero-order chi connectivity index (χ0) is 13.1. The molecular formula is C13H24O2S2. The van der Waals surface area contributed by atoms with Crippen molar-refractivity contribution in [3.05, 3.63) is 0 Å². The minimum atomic E-state index is -0.355. The molecule has 0 aliphatic carbocycles. The second-order valence-electron chi connectivity index (χ2n) is 5.40. The molecule has 1 aliphatic heterocycles. The molecule has 1 saturated heterocycles. The summed E-state index contributed by atoms with van der Waals surface area (Å²) >= 11 is 3.71. The molecule has 4 heteroatoms. The number of hydrogen-bond donors (Lipinski definition) is 0. The van der Waals surface area contributed by atoms with E-state index in [1.165, 1.54) is 6.42 Å². The van der Waals surface area contributed by atoms with Gasteiger partial charge in [-0.25, -0.2) is 0 Å². The zero-order valence-electron chi connectivity index (χ0n) is 11.5. The third kappa shape index (κ3) is 4.74. The van der Waals surface area contributed by atoms with Gasteiger partial charge in [0.1, 0.15) is 0 Å². The van der Waals surface area contributed by atoms with Crippen LogP contribution < -0.4 is 0 Å². The first-order chi connectivity index (χ1) is 7.85. The summed E-state index contributed by atoms with van der Waals surface area (Å²) in [6, 6.07) is 0. The molecule has 1 heterocycles. The molecule has 0 bridgehead atoms.